The van der Waals surface area contributed by atoms with Crippen LogP contribution in [0.3, 0.4) is 0 Å². The van der Waals surface area contributed by atoms with Gasteiger partial charge in [0.2, 0.25) is 15.9 Å². The van der Waals surface area contributed by atoms with Gasteiger partial charge in [-0.2, -0.15) is 9.84 Å². The summed E-state index contributed by atoms with van der Waals surface area (Å²) < 4.78 is 39.0. The van der Waals surface area contributed by atoms with Gasteiger partial charge in [-0.15, -0.1) is 0 Å². The number of carbonyl (C=O) groups is 3. The maximum atomic E-state index is 12.8. The predicted octanol–water partition coefficient (Wildman–Crippen LogP) is 1.68. The van der Waals surface area contributed by atoms with E-state index in [1.807, 2.05) is 4.90 Å². The van der Waals surface area contributed by atoms with Crippen LogP contribution in [0.1, 0.15) is 46.9 Å². The van der Waals surface area contributed by atoms with E-state index in [2.05, 4.69) is 15.8 Å². The Hall–Kier alpha value is -4.57. The van der Waals surface area contributed by atoms with Crippen molar-refractivity contribution in [3.63, 3.8) is 0 Å². The number of anilines is 1. The van der Waals surface area contributed by atoms with Gasteiger partial charge in [0.1, 0.15) is 23.3 Å². The van der Waals surface area contributed by atoms with Gasteiger partial charge in [0.15, 0.2) is 12.8 Å². The summed E-state index contributed by atoms with van der Waals surface area (Å²) in [7, 11) is -2.40. The summed E-state index contributed by atoms with van der Waals surface area (Å²) >= 11 is 0. The molecule has 1 saturated heterocycles. The van der Waals surface area contributed by atoms with E-state index in [-0.39, 0.29) is 41.6 Å². The van der Waals surface area contributed by atoms with Gasteiger partial charge in [-0.1, -0.05) is 12.1 Å². The van der Waals surface area contributed by atoms with Crippen LogP contribution in [0, 0.1) is 17.2 Å². The van der Waals surface area contributed by atoms with Crippen molar-refractivity contribution in [3.05, 3.63) is 64.9 Å². The highest BCUT2D eigenvalue weighted by Crippen LogP contribution is 2.28. The number of piperidine rings is 1. The second-order valence-corrected chi connectivity index (χ2v) is 11.2. The lowest BCUT2D eigenvalue weighted by atomic mass is 9.96. The number of nitriles is 1. The van der Waals surface area contributed by atoms with Crippen molar-refractivity contribution in [2.75, 3.05) is 31.7 Å². The molecule has 1 aromatic heterocycles. The molecule has 0 aliphatic carbocycles. The molecule has 41 heavy (non-hydrogen) atoms. The summed E-state index contributed by atoms with van der Waals surface area (Å²) in [6.07, 6.45) is 5.20. The first-order chi connectivity index (χ1) is 19.6. The monoisotopic (exact) mass is 580 g/mol. The second kappa shape index (κ2) is 12.7. The number of ether oxygens (including phenoxy) is 2. The maximum absolute atomic E-state index is 12.8. The molecule has 3 heterocycles. The maximum Gasteiger partial charge on any atom is 0.412 e. The van der Waals surface area contributed by atoms with Gasteiger partial charge in [-0.25, -0.2) is 23.0 Å². The molecule has 4 rings (SSSR count). The number of benzene rings is 1. The van der Waals surface area contributed by atoms with Gasteiger partial charge in [-0.05, 0) is 43.5 Å². The minimum absolute atomic E-state index is 0.00359. The number of carbonyl (C=O) groups excluding carboxylic acids is 3. The number of aromatic nitrogens is 1. The molecule has 0 radical (unpaired) electrons. The number of nitrogens with one attached hydrogen (secondary N) is 1. The third-order valence-corrected chi connectivity index (χ3v) is 7.97. The summed E-state index contributed by atoms with van der Waals surface area (Å²) in [5.74, 6) is -1.48. The van der Waals surface area contributed by atoms with Crippen LogP contribution in [0.25, 0.3) is 0 Å². The Morgan fingerprint density at radius 3 is 2.51 bits per heavy atom. The molecule has 0 spiro atoms. The van der Waals surface area contributed by atoms with Crippen LogP contribution >= 0.6 is 0 Å². The first-order valence-corrected chi connectivity index (χ1v) is 14.6. The molecular weight excluding hydrogens is 550 g/mol. The van der Waals surface area contributed by atoms with Crippen LogP contribution in [-0.2, 0) is 36.6 Å². The Labute approximate surface area is 237 Å². The number of amides is 2. The number of pyridine rings is 1. The topological polar surface area (TPSA) is 159 Å². The van der Waals surface area contributed by atoms with Crippen molar-refractivity contribution >= 4 is 39.8 Å². The molecule has 1 N–H and O–H groups in total. The summed E-state index contributed by atoms with van der Waals surface area (Å²) in [5, 5.41) is 9.83. The number of nitrogens with zero attached hydrogens (tertiary/aromatic N) is 4. The molecule has 2 aliphatic heterocycles. The zero-order valence-corrected chi connectivity index (χ0v) is 23.5. The molecule has 2 aliphatic rings. The summed E-state index contributed by atoms with van der Waals surface area (Å²) in [6, 6.07) is 10.0. The number of rotatable bonds is 10. The van der Waals surface area contributed by atoms with E-state index < -0.39 is 27.8 Å². The molecule has 1 aromatic carbocycles. The van der Waals surface area contributed by atoms with E-state index in [9.17, 15) is 28.1 Å². The number of methoxy groups -OCH3 is 1. The van der Waals surface area contributed by atoms with Crippen molar-refractivity contribution in [2.45, 2.75) is 32.1 Å². The average Bonchev–Trinajstić information content (AvgIpc) is 3.36. The Kier molecular flexibility index (Phi) is 9.14. The Morgan fingerprint density at radius 2 is 1.93 bits per heavy atom. The number of esters is 1. The van der Waals surface area contributed by atoms with Crippen LogP contribution in [0.2, 0.25) is 0 Å². The second-order valence-electron chi connectivity index (χ2n) is 9.50. The molecule has 1 fully saturated rings. The highest BCUT2D eigenvalue weighted by Gasteiger charge is 2.31. The lowest BCUT2D eigenvalue weighted by Gasteiger charge is -2.32. The van der Waals surface area contributed by atoms with E-state index in [0.29, 0.717) is 43.1 Å². The molecule has 0 atom stereocenters. The Bertz CT molecular complexity index is 1550. The van der Waals surface area contributed by atoms with E-state index in [0.717, 1.165) is 0 Å². The molecule has 0 unspecified atom stereocenters. The van der Waals surface area contributed by atoms with Crippen LogP contribution in [-0.4, -0.2) is 68.8 Å². The van der Waals surface area contributed by atoms with Crippen LogP contribution in [0.5, 0.6) is 5.75 Å². The highest BCUT2D eigenvalue weighted by atomic mass is 32.2. The van der Waals surface area contributed by atoms with Crippen molar-refractivity contribution in [1.82, 2.24) is 9.71 Å². The van der Waals surface area contributed by atoms with Gasteiger partial charge in [0.25, 0.3) is 0 Å². The third kappa shape index (κ3) is 7.15. The summed E-state index contributed by atoms with van der Waals surface area (Å²) in [5.41, 5.74) is 1.03. The third-order valence-electron chi connectivity index (χ3n) is 6.74. The Morgan fingerprint density at radius 1 is 1.22 bits per heavy atom. The molecular formula is C28H30N5O7S+. The molecule has 13 heteroatoms. The molecule has 12 nitrogen and oxygen atoms in total. The fraction of sp³-hybridized carbons (Fsp3) is 0.357. The zero-order valence-electron chi connectivity index (χ0n) is 22.7. The minimum atomic E-state index is -3.91. The first-order valence-electron chi connectivity index (χ1n) is 13.0. The molecule has 2 amide bonds. The van der Waals surface area contributed by atoms with E-state index in [1.165, 1.54) is 23.8 Å². The van der Waals surface area contributed by atoms with E-state index in [4.69, 9.17) is 9.47 Å². The van der Waals surface area contributed by atoms with Crippen molar-refractivity contribution in [3.8, 4) is 11.8 Å². The standard InChI is InChI=1S/C28H29N5O7S/c1-3-40-28(36)23-15-21(16-29)26(30-24(23)17-33-12-4-5-25(33)34)32-13-10-20(11-14-32)27(35)31-41(37,38)18-19-6-8-22(39-2)9-7-19/h4-9,12,15,20H,3,10-11,13-14,17-18H2,1-2H3/p+1. The average molecular weight is 581 g/mol. The minimum Gasteiger partial charge on any atom is -0.497 e. The Balaban J connectivity index is 1.46. The van der Waals surface area contributed by atoms with Crippen LogP contribution in [0.4, 0.5) is 5.82 Å². The van der Waals surface area contributed by atoms with E-state index in [1.54, 1.807) is 43.5 Å². The number of hydrogen-bond donors (Lipinski definition) is 1. The fourth-order valence-corrected chi connectivity index (χ4v) is 5.80. The summed E-state index contributed by atoms with van der Waals surface area (Å²) in [4.78, 5) is 44.0. The molecule has 0 saturated carbocycles. The largest absolute Gasteiger partial charge is 0.497 e. The normalized spacial score (nSPS) is 15.3. The fourth-order valence-electron chi connectivity index (χ4n) is 4.63. The van der Waals surface area contributed by atoms with E-state index >= 15 is 0 Å². The van der Waals surface area contributed by atoms with Gasteiger partial charge >= 0.3 is 11.9 Å². The lowest BCUT2D eigenvalue weighted by molar-refractivity contribution is -0.453. The molecule has 214 valence electrons. The van der Waals surface area contributed by atoms with Crippen LogP contribution in [0.15, 0.2) is 42.5 Å². The van der Waals surface area contributed by atoms with Crippen molar-refractivity contribution < 1.29 is 36.9 Å². The number of hydrogen-bond acceptors (Lipinski definition) is 10. The zero-order chi connectivity index (χ0) is 29.6. The van der Waals surface area contributed by atoms with Gasteiger partial charge in [0.05, 0.1) is 36.7 Å². The van der Waals surface area contributed by atoms with Crippen LogP contribution < -0.4 is 14.4 Å². The first kappa shape index (κ1) is 29.4. The SMILES string of the molecule is CCOC(=O)c1cc(C#N)c(N2CCC(C(=O)NS(=O)(=O)Cc3ccc(OC)cc3)CC2)nc1C[N+]1=CC=CC1=O. The van der Waals surface area contributed by atoms with Gasteiger partial charge < -0.3 is 14.4 Å². The highest BCUT2D eigenvalue weighted by molar-refractivity contribution is 7.89. The smallest absolute Gasteiger partial charge is 0.412 e. The summed E-state index contributed by atoms with van der Waals surface area (Å²) in [6.45, 7) is 2.45. The number of sulfonamides is 1. The lowest BCUT2D eigenvalue weighted by Crippen LogP contribution is -2.43. The van der Waals surface area contributed by atoms with Crippen molar-refractivity contribution in [2.24, 2.45) is 5.92 Å². The van der Waals surface area contributed by atoms with Crippen molar-refractivity contribution in [1.29, 1.82) is 5.26 Å². The van der Waals surface area contributed by atoms with Gasteiger partial charge in [0, 0.05) is 25.1 Å². The quantitative estimate of drug-likeness (QED) is 0.324. The van der Waals surface area contributed by atoms with Gasteiger partial charge in [-0.3, -0.25) is 9.52 Å². The predicted molar refractivity (Wildman–Crippen MR) is 148 cm³/mol. The molecule has 2 aromatic rings. The number of allylic oxidation sites excluding steroid dienone is 1. The molecule has 0 bridgehead atoms.